The van der Waals surface area contributed by atoms with Crippen molar-refractivity contribution in [2.75, 3.05) is 6.61 Å². The Morgan fingerprint density at radius 1 is 1.14 bits per heavy atom. The molecule has 2 atom stereocenters. The van der Waals surface area contributed by atoms with Gasteiger partial charge in [-0.25, -0.2) is 4.98 Å². The van der Waals surface area contributed by atoms with Crippen molar-refractivity contribution in [2.45, 2.75) is 45.1 Å². The van der Waals surface area contributed by atoms with Crippen molar-refractivity contribution in [3.05, 3.63) is 65.2 Å². The van der Waals surface area contributed by atoms with Crippen molar-refractivity contribution < 1.29 is 14.3 Å². The van der Waals surface area contributed by atoms with Crippen molar-refractivity contribution in [3.63, 3.8) is 0 Å². The van der Waals surface area contributed by atoms with E-state index in [1.165, 1.54) is 0 Å². The Morgan fingerprint density at radius 3 is 2.52 bits per heavy atom. The molecule has 0 aliphatic carbocycles. The maximum absolute atomic E-state index is 13.1. The minimum atomic E-state index is -0.939. The molecule has 1 aromatic heterocycles. The van der Waals surface area contributed by atoms with Crippen LogP contribution in [0.25, 0.3) is 10.2 Å². The van der Waals surface area contributed by atoms with Gasteiger partial charge in [0.25, 0.3) is 5.91 Å². The van der Waals surface area contributed by atoms with Gasteiger partial charge in [-0.15, -0.1) is 11.3 Å². The van der Waals surface area contributed by atoms with Crippen LogP contribution in [0.15, 0.2) is 54.6 Å². The molecular formula is C23H26N2O3S. The number of hydrogen-bond donors (Lipinski definition) is 1. The quantitative estimate of drug-likeness (QED) is 0.564. The van der Waals surface area contributed by atoms with E-state index in [1.54, 1.807) is 11.3 Å². The van der Waals surface area contributed by atoms with Crippen LogP contribution in [0.3, 0.4) is 0 Å². The Hall–Kier alpha value is -2.73. The molecule has 0 bridgehead atoms. The second kappa shape index (κ2) is 9.18. The predicted molar refractivity (Wildman–Crippen MR) is 116 cm³/mol. The average Bonchev–Trinajstić information content (AvgIpc) is 3.14. The van der Waals surface area contributed by atoms with Crippen LogP contribution in [0.2, 0.25) is 0 Å². The summed E-state index contributed by atoms with van der Waals surface area (Å²) in [6.07, 6.45) is 1.22. The second-order valence-electron chi connectivity index (χ2n) is 7.40. The van der Waals surface area contributed by atoms with Gasteiger partial charge in [-0.2, -0.15) is 0 Å². The summed E-state index contributed by atoms with van der Waals surface area (Å²) in [5, 5.41) is 3.68. The number of carbonyl (C=O) groups excluding carboxylic acids is 2. The third-order valence-electron chi connectivity index (χ3n) is 5.06. The molecule has 5 nitrogen and oxygen atoms in total. The third kappa shape index (κ3) is 5.01. The zero-order chi connectivity index (χ0) is 20.9. The molecule has 1 N–H and O–H groups in total. The highest BCUT2D eigenvalue weighted by molar-refractivity contribution is 7.18. The van der Waals surface area contributed by atoms with Gasteiger partial charge in [-0.1, -0.05) is 49.4 Å². The molecule has 0 radical (unpaired) electrons. The van der Waals surface area contributed by atoms with Crippen molar-refractivity contribution in [2.24, 2.45) is 0 Å². The molecule has 0 aliphatic rings. The van der Waals surface area contributed by atoms with E-state index in [9.17, 15) is 9.59 Å². The Morgan fingerprint density at radius 2 is 1.83 bits per heavy atom. The molecule has 1 amide bonds. The first-order valence-corrected chi connectivity index (χ1v) is 10.6. The standard InChI is InChI=1S/C23H26N2O3S/c1-4-16(2)24-20(26)15-28-22(27)23(3,17-10-6-5-7-11-17)14-21-25-18-12-8-9-13-19(18)29-21/h5-13,16H,4,14-15H2,1-3H3,(H,24,26)/t16-,23-/m1/s1. The fourth-order valence-corrected chi connectivity index (χ4v) is 4.23. The van der Waals surface area contributed by atoms with Crippen LogP contribution in [0.5, 0.6) is 0 Å². The normalized spacial score (nSPS) is 14.2. The molecule has 0 unspecified atom stereocenters. The predicted octanol–water partition coefficient (Wildman–Crippen LogP) is 4.25. The van der Waals surface area contributed by atoms with E-state index in [-0.39, 0.29) is 18.6 Å². The molecule has 29 heavy (non-hydrogen) atoms. The third-order valence-corrected chi connectivity index (χ3v) is 6.09. The summed E-state index contributed by atoms with van der Waals surface area (Å²) >= 11 is 1.57. The summed E-state index contributed by atoms with van der Waals surface area (Å²) in [6.45, 7) is 5.47. The van der Waals surface area contributed by atoms with Crippen molar-refractivity contribution in [3.8, 4) is 0 Å². The number of hydrogen-bond acceptors (Lipinski definition) is 5. The van der Waals surface area contributed by atoms with E-state index in [1.807, 2.05) is 75.4 Å². The molecule has 3 aromatic rings. The van der Waals surface area contributed by atoms with E-state index in [4.69, 9.17) is 4.74 Å². The number of carbonyl (C=O) groups is 2. The van der Waals surface area contributed by atoms with Gasteiger partial charge in [0.2, 0.25) is 0 Å². The molecule has 152 valence electrons. The Labute approximate surface area is 175 Å². The molecule has 0 fully saturated rings. The van der Waals surface area contributed by atoms with Crippen LogP contribution in [0, 0.1) is 0 Å². The number of nitrogens with one attached hydrogen (secondary N) is 1. The van der Waals surface area contributed by atoms with Gasteiger partial charge in [-0.3, -0.25) is 9.59 Å². The molecule has 0 spiro atoms. The largest absolute Gasteiger partial charge is 0.455 e. The highest BCUT2D eigenvalue weighted by Gasteiger charge is 2.38. The van der Waals surface area contributed by atoms with Crippen LogP contribution in [-0.4, -0.2) is 29.5 Å². The molecule has 0 aliphatic heterocycles. The summed E-state index contributed by atoms with van der Waals surface area (Å²) in [5.74, 6) is -0.717. The second-order valence-corrected chi connectivity index (χ2v) is 8.52. The van der Waals surface area contributed by atoms with E-state index < -0.39 is 11.4 Å². The van der Waals surface area contributed by atoms with Crippen LogP contribution in [0.4, 0.5) is 0 Å². The van der Waals surface area contributed by atoms with Gasteiger partial charge >= 0.3 is 5.97 Å². The monoisotopic (exact) mass is 410 g/mol. The van der Waals surface area contributed by atoms with E-state index >= 15 is 0 Å². The van der Waals surface area contributed by atoms with Crippen LogP contribution in [-0.2, 0) is 26.2 Å². The number of fused-ring (bicyclic) bond motifs is 1. The van der Waals surface area contributed by atoms with Gasteiger partial charge in [0, 0.05) is 12.5 Å². The van der Waals surface area contributed by atoms with E-state index in [2.05, 4.69) is 10.3 Å². The maximum atomic E-state index is 13.1. The summed E-state index contributed by atoms with van der Waals surface area (Å²) in [5.41, 5.74) is 0.821. The molecule has 3 rings (SSSR count). The Balaban J connectivity index is 1.82. The first-order valence-electron chi connectivity index (χ1n) is 9.79. The summed E-state index contributed by atoms with van der Waals surface area (Å²) in [6, 6.07) is 17.5. The minimum Gasteiger partial charge on any atom is -0.455 e. The molecule has 0 saturated heterocycles. The lowest BCUT2D eigenvalue weighted by molar-refractivity contribution is -0.154. The highest BCUT2D eigenvalue weighted by atomic mass is 32.1. The van der Waals surface area contributed by atoms with Gasteiger partial charge in [-0.05, 0) is 38.0 Å². The summed E-state index contributed by atoms with van der Waals surface area (Å²) in [7, 11) is 0. The van der Waals surface area contributed by atoms with Gasteiger partial charge < -0.3 is 10.1 Å². The van der Waals surface area contributed by atoms with Crippen LogP contribution in [0.1, 0.15) is 37.8 Å². The molecule has 6 heteroatoms. The van der Waals surface area contributed by atoms with Gasteiger partial charge in [0.05, 0.1) is 20.6 Å². The first kappa shape index (κ1) is 21.0. The Kier molecular flexibility index (Phi) is 6.64. The van der Waals surface area contributed by atoms with Crippen molar-refractivity contribution in [1.29, 1.82) is 0 Å². The topological polar surface area (TPSA) is 68.3 Å². The minimum absolute atomic E-state index is 0.0458. The molecule has 2 aromatic carbocycles. The van der Waals surface area contributed by atoms with Crippen molar-refractivity contribution in [1.82, 2.24) is 10.3 Å². The maximum Gasteiger partial charge on any atom is 0.317 e. The number of thiazole rings is 1. The fourth-order valence-electron chi connectivity index (χ4n) is 3.11. The zero-order valence-corrected chi connectivity index (χ0v) is 17.8. The van der Waals surface area contributed by atoms with E-state index in [0.29, 0.717) is 6.42 Å². The van der Waals surface area contributed by atoms with Gasteiger partial charge in [0.1, 0.15) is 0 Å². The van der Waals surface area contributed by atoms with Crippen LogP contribution >= 0.6 is 11.3 Å². The number of benzene rings is 2. The fraction of sp³-hybridized carbons (Fsp3) is 0.348. The summed E-state index contributed by atoms with van der Waals surface area (Å²) in [4.78, 5) is 29.9. The lowest BCUT2D eigenvalue weighted by atomic mass is 9.79. The van der Waals surface area contributed by atoms with Crippen molar-refractivity contribution >= 4 is 33.4 Å². The lowest BCUT2D eigenvalue weighted by Gasteiger charge is -2.27. The number of para-hydroxylation sites is 1. The number of aromatic nitrogens is 1. The number of nitrogens with zero attached hydrogens (tertiary/aromatic N) is 1. The first-order chi connectivity index (χ1) is 13.9. The lowest BCUT2D eigenvalue weighted by Crippen LogP contribution is -2.40. The molecule has 0 saturated carbocycles. The zero-order valence-electron chi connectivity index (χ0n) is 17.0. The van der Waals surface area contributed by atoms with Crippen LogP contribution < -0.4 is 5.32 Å². The number of rotatable bonds is 8. The summed E-state index contributed by atoms with van der Waals surface area (Å²) < 4.78 is 6.52. The average molecular weight is 411 g/mol. The van der Waals surface area contributed by atoms with Gasteiger partial charge in [0.15, 0.2) is 6.61 Å². The number of ether oxygens (including phenoxy) is 1. The molecular weight excluding hydrogens is 384 g/mol. The van der Waals surface area contributed by atoms with E-state index in [0.717, 1.165) is 27.2 Å². The highest BCUT2D eigenvalue weighted by Crippen LogP contribution is 2.33. The molecule has 1 heterocycles. The Bertz CT molecular complexity index is 953. The number of esters is 1. The number of amides is 1. The SMILES string of the molecule is CC[C@@H](C)NC(=O)COC(=O)[C@](C)(Cc1nc2ccccc2s1)c1ccccc1. The smallest absolute Gasteiger partial charge is 0.317 e.